The molecule has 0 amide bonds. The summed E-state index contributed by atoms with van der Waals surface area (Å²) in [5.74, 6) is 0. The Balaban J connectivity index is 2.67. The van der Waals surface area contributed by atoms with E-state index in [1.54, 1.807) is 0 Å². The summed E-state index contributed by atoms with van der Waals surface area (Å²) >= 11 is 1.90. The first-order valence-corrected chi connectivity index (χ1v) is 5.90. The van der Waals surface area contributed by atoms with Gasteiger partial charge in [-0.1, -0.05) is 6.92 Å². The molecule has 80 valence electrons. The lowest BCUT2D eigenvalue weighted by Gasteiger charge is -2.12. The summed E-state index contributed by atoms with van der Waals surface area (Å²) in [7, 11) is 4.15. The topological polar surface area (TPSA) is 15.3 Å². The van der Waals surface area contributed by atoms with Crippen molar-refractivity contribution in [3.63, 3.8) is 0 Å². The van der Waals surface area contributed by atoms with Crippen LogP contribution in [0.5, 0.6) is 0 Å². The van der Waals surface area contributed by atoms with Crippen molar-refractivity contribution in [1.82, 2.24) is 10.2 Å². The van der Waals surface area contributed by atoms with Gasteiger partial charge in [0.25, 0.3) is 0 Å². The molecule has 1 aromatic rings. The van der Waals surface area contributed by atoms with Crippen LogP contribution in [0, 0.1) is 6.92 Å². The average molecular weight is 212 g/mol. The van der Waals surface area contributed by atoms with Crippen molar-refractivity contribution in [3.8, 4) is 0 Å². The smallest absolute Gasteiger partial charge is 0.0296 e. The van der Waals surface area contributed by atoms with Crippen molar-refractivity contribution < 1.29 is 0 Å². The van der Waals surface area contributed by atoms with Crippen molar-refractivity contribution >= 4 is 11.3 Å². The molecule has 0 unspecified atom stereocenters. The maximum Gasteiger partial charge on any atom is 0.0296 e. The molecule has 0 bridgehead atoms. The summed E-state index contributed by atoms with van der Waals surface area (Å²) in [6.07, 6.45) is 0. The number of thiophene rings is 1. The minimum absolute atomic E-state index is 0.987. The van der Waals surface area contributed by atoms with E-state index in [4.69, 9.17) is 0 Å². The fraction of sp³-hybridized carbons (Fsp3) is 0.636. The SMILES string of the molecule is CCN(C)Cc1cc(CNC)sc1C. The summed E-state index contributed by atoms with van der Waals surface area (Å²) in [5.41, 5.74) is 1.48. The fourth-order valence-electron chi connectivity index (χ4n) is 1.41. The first-order valence-electron chi connectivity index (χ1n) is 5.08. The van der Waals surface area contributed by atoms with E-state index in [2.05, 4.69) is 37.2 Å². The van der Waals surface area contributed by atoms with Crippen LogP contribution < -0.4 is 5.32 Å². The zero-order valence-corrected chi connectivity index (χ0v) is 10.4. The quantitative estimate of drug-likeness (QED) is 0.805. The van der Waals surface area contributed by atoms with Gasteiger partial charge in [0.1, 0.15) is 0 Å². The molecule has 2 nitrogen and oxygen atoms in total. The summed E-state index contributed by atoms with van der Waals surface area (Å²) in [5, 5.41) is 3.19. The largest absolute Gasteiger partial charge is 0.315 e. The van der Waals surface area contributed by atoms with E-state index in [1.807, 2.05) is 18.4 Å². The van der Waals surface area contributed by atoms with Crippen LogP contribution in [0.4, 0.5) is 0 Å². The zero-order chi connectivity index (χ0) is 10.6. The van der Waals surface area contributed by atoms with Gasteiger partial charge in [-0.25, -0.2) is 0 Å². The van der Waals surface area contributed by atoms with Crippen molar-refractivity contribution in [3.05, 3.63) is 21.4 Å². The van der Waals surface area contributed by atoms with Gasteiger partial charge >= 0.3 is 0 Å². The van der Waals surface area contributed by atoms with Crippen LogP contribution in [0.25, 0.3) is 0 Å². The van der Waals surface area contributed by atoms with Crippen LogP contribution in [0.3, 0.4) is 0 Å². The Hall–Kier alpha value is -0.380. The number of nitrogens with one attached hydrogen (secondary N) is 1. The molecule has 3 heteroatoms. The van der Waals surface area contributed by atoms with Crippen LogP contribution in [0.2, 0.25) is 0 Å². The van der Waals surface area contributed by atoms with Crippen molar-refractivity contribution in [2.45, 2.75) is 26.9 Å². The maximum absolute atomic E-state index is 3.19. The van der Waals surface area contributed by atoms with E-state index in [9.17, 15) is 0 Å². The zero-order valence-electron chi connectivity index (χ0n) is 9.55. The van der Waals surface area contributed by atoms with Crippen LogP contribution in [-0.4, -0.2) is 25.5 Å². The second kappa shape index (κ2) is 5.49. The molecule has 0 saturated carbocycles. The third-order valence-corrected chi connectivity index (χ3v) is 3.50. The van der Waals surface area contributed by atoms with Gasteiger partial charge in [-0.15, -0.1) is 11.3 Å². The maximum atomic E-state index is 3.19. The van der Waals surface area contributed by atoms with E-state index >= 15 is 0 Å². The molecule has 0 aromatic carbocycles. The Morgan fingerprint density at radius 3 is 2.79 bits per heavy atom. The van der Waals surface area contributed by atoms with Crippen LogP contribution >= 0.6 is 11.3 Å². The van der Waals surface area contributed by atoms with Crippen LogP contribution in [0.1, 0.15) is 22.2 Å². The van der Waals surface area contributed by atoms with Gasteiger partial charge < -0.3 is 10.2 Å². The highest BCUT2D eigenvalue weighted by Gasteiger charge is 2.06. The molecular formula is C11H20N2S. The lowest BCUT2D eigenvalue weighted by atomic mass is 10.2. The van der Waals surface area contributed by atoms with Crippen molar-refractivity contribution in [2.24, 2.45) is 0 Å². The second-order valence-electron chi connectivity index (χ2n) is 3.65. The highest BCUT2D eigenvalue weighted by Crippen LogP contribution is 2.22. The molecule has 1 heterocycles. The first-order chi connectivity index (χ1) is 6.67. The number of hydrogen-bond donors (Lipinski definition) is 1. The first kappa shape index (κ1) is 11.7. The number of aryl methyl sites for hydroxylation is 1. The van der Waals surface area contributed by atoms with Gasteiger partial charge in [0, 0.05) is 22.8 Å². The molecule has 0 aliphatic carbocycles. The lowest BCUT2D eigenvalue weighted by Crippen LogP contribution is -2.16. The minimum Gasteiger partial charge on any atom is -0.315 e. The Bertz CT molecular complexity index is 281. The summed E-state index contributed by atoms with van der Waals surface area (Å²) in [6, 6.07) is 2.32. The molecule has 0 radical (unpaired) electrons. The lowest BCUT2D eigenvalue weighted by molar-refractivity contribution is 0.345. The van der Waals surface area contributed by atoms with Crippen molar-refractivity contribution in [2.75, 3.05) is 20.6 Å². The van der Waals surface area contributed by atoms with E-state index < -0.39 is 0 Å². The van der Waals surface area contributed by atoms with Gasteiger partial charge in [0.15, 0.2) is 0 Å². The Labute approximate surface area is 90.9 Å². The summed E-state index contributed by atoms with van der Waals surface area (Å²) in [4.78, 5) is 5.22. The van der Waals surface area contributed by atoms with Crippen LogP contribution in [0.15, 0.2) is 6.07 Å². The monoisotopic (exact) mass is 212 g/mol. The van der Waals surface area contributed by atoms with Crippen molar-refractivity contribution in [1.29, 1.82) is 0 Å². The average Bonchev–Trinajstić information content (AvgIpc) is 2.47. The predicted octanol–water partition coefficient (Wildman–Crippen LogP) is 2.23. The Morgan fingerprint density at radius 1 is 1.50 bits per heavy atom. The number of nitrogens with zero attached hydrogens (tertiary/aromatic N) is 1. The molecule has 0 atom stereocenters. The Morgan fingerprint density at radius 2 is 2.21 bits per heavy atom. The highest BCUT2D eigenvalue weighted by molar-refractivity contribution is 7.12. The van der Waals surface area contributed by atoms with Crippen LogP contribution in [-0.2, 0) is 13.1 Å². The molecule has 1 rings (SSSR count). The van der Waals surface area contributed by atoms with E-state index in [0.717, 1.165) is 19.6 Å². The van der Waals surface area contributed by atoms with Gasteiger partial charge in [-0.05, 0) is 39.2 Å². The highest BCUT2D eigenvalue weighted by atomic mass is 32.1. The minimum atomic E-state index is 0.987. The Kier molecular flexibility index (Phi) is 4.58. The van der Waals surface area contributed by atoms with Gasteiger partial charge in [-0.3, -0.25) is 0 Å². The summed E-state index contributed by atoms with van der Waals surface area (Å²) < 4.78 is 0. The summed E-state index contributed by atoms with van der Waals surface area (Å²) in [6.45, 7) is 7.57. The van der Waals surface area contributed by atoms with E-state index in [1.165, 1.54) is 15.3 Å². The fourth-order valence-corrected chi connectivity index (χ4v) is 2.47. The molecule has 0 saturated heterocycles. The molecular weight excluding hydrogens is 192 g/mol. The standard InChI is InChI=1S/C11H20N2S/c1-5-13(4)8-10-6-11(7-12-3)14-9(10)2/h6,12H,5,7-8H2,1-4H3. The molecule has 14 heavy (non-hydrogen) atoms. The molecule has 0 fully saturated rings. The molecule has 1 aromatic heterocycles. The van der Waals surface area contributed by atoms with Gasteiger partial charge in [0.2, 0.25) is 0 Å². The molecule has 1 N–H and O–H groups in total. The van der Waals surface area contributed by atoms with E-state index in [0.29, 0.717) is 0 Å². The third kappa shape index (κ3) is 3.08. The van der Waals surface area contributed by atoms with Gasteiger partial charge in [-0.2, -0.15) is 0 Å². The number of hydrogen-bond acceptors (Lipinski definition) is 3. The third-order valence-electron chi connectivity index (χ3n) is 2.40. The predicted molar refractivity (Wildman–Crippen MR) is 63.8 cm³/mol. The number of rotatable bonds is 5. The molecule has 0 spiro atoms. The second-order valence-corrected chi connectivity index (χ2v) is 5.00. The van der Waals surface area contributed by atoms with E-state index in [-0.39, 0.29) is 0 Å². The van der Waals surface area contributed by atoms with Gasteiger partial charge in [0.05, 0.1) is 0 Å². The molecule has 0 aliphatic heterocycles. The molecule has 0 aliphatic rings. The normalized spacial score (nSPS) is 11.2.